The first kappa shape index (κ1) is 15.9. The van der Waals surface area contributed by atoms with Gasteiger partial charge < -0.3 is 9.47 Å². The van der Waals surface area contributed by atoms with Crippen LogP contribution in [0, 0.1) is 0 Å². The number of methoxy groups -OCH3 is 1. The molecule has 0 bridgehead atoms. The molecule has 0 radical (unpaired) electrons. The number of hydrogen-bond acceptors (Lipinski definition) is 3. The Bertz CT molecular complexity index is 740. The highest BCUT2D eigenvalue weighted by Gasteiger charge is 2.52. The van der Waals surface area contributed by atoms with Crippen LogP contribution in [0.5, 0.6) is 5.75 Å². The number of hydrogen-bond donors (Lipinski definition) is 0. The zero-order valence-electron chi connectivity index (χ0n) is 13.4. The van der Waals surface area contributed by atoms with E-state index in [0.29, 0.717) is 17.2 Å². The molecule has 2 aromatic rings. The first-order chi connectivity index (χ1) is 10.9. The van der Waals surface area contributed by atoms with Crippen LogP contribution in [-0.2, 0) is 14.9 Å². The Morgan fingerprint density at radius 3 is 2.52 bits per heavy atom. The van der Waals surface area contributed by atoms with E-state index in [1.807, 2.05) is 50.2 Å². The molecule has 0 fully saturated rings. The van der Waals surface area contributed by atoms with Crippen LogP contribution in [0.4, 0.5) is 0 Å². The number of halogens is 1. The molecule has 1 heterocycles. The summed E-state index contributed by atoms with van der Waals surface area (Å²) in [4.78, 5) is 12.9. The fourth-order valence-electron chi connectivity index (χ4n) is 3.45. The maximum atomic E-state index is 12.9. The number of carbonyl (C=O) groups excluding carboxylic acids is 1. The minimum absolute atomic E-state index is 0.302. The van der Waals surface area contributed by atoms with E-state index < -0.39 is 11.0 Å². The molecule has 0 amide bonds. The summed E-state index contributed by atoms with van der Waals surface area (Å²) in [5, 5.41) is 0.566. The fraction of sp³-hybridized carbons (Fsp3) is 0.316. The Balaban J connectivity index is 2.35. The maximum Gasteiger partial charge on any atom is 0.321 e. The third-order valence-electron chi connectivity index (χ3n) is 4.28. The van der Waals surface area contributed by atoms with Crippen molar-refractivity contribution < 1.29 is 14.3 Å². The Morgan fingerprint density at radius 1 is 1.17 bits per heavy atom. The largest absolute Gasteiger partial charge is 0.487 e. The standard InChI is InChI=1S/C19H19ClO3/c1-18(2)12-19(17(21)22-3,13-7-5-4-6-8-13)15-11-14(20)9-10-16(15)23-18/h4-11H,12H2,1-3H3. The molecule has 0 aromatic heterocycles. The SMILES string of the molecule is COC(=O)C1(c2ccccc2)CC(C)(C)Oc2ccc(Cl)cc21. The molecule has 0 saturated carbocycles. The van der Waals surface area contributed by atoms with Crippen molar-refractivity contribution in [3.05, 3.63) is 64.7 Å². The van der Waals surface area contributed by atoms with Crippen LogP contribution < -0.4 is 4.74 Å². The van der Waals surface area contributed by atoms with Crippen LogP contribution in [0.2, 0.25) is 5.02 Å². The number of ether oxygens (including phenoxy) is 2. The quantitative estimate of drug-likeness (QED) is 0.767. The highest BCUT2D eigenvalue weighted by molar-refractivity contribution is 6.30. The molecule has 120 valence electrons. The molecule has 3 nitrogen and oxygen atoms in total. The Hall–Kier alpha value is -2.00. The Labute approximate surface area is 141 Å². The van der Waals surface area contributed by atoms with Crippen molar-refractivity contribution >= 4 is 17.6 Å². The van der Waals surface area contributed by atoms with Gasteiger partial charge in [0, 0.05) is 17.0 Å². The van der Waals surface area contributed by atoms with E-state index in [9.17, 15) is 4.79 Å². The average molecular weight is 331 g/mol. The van der Waals surface area contributed by atoms with E-state index in [0.717, 1.165) is 11.1 Å². The van der Waals surface area contributed by atoms with E-state index >= 15 is 0 Å². The van der Waals surface area contributed by atoms with Gasteiger partial charge in [-0.25, -0.2) is 0 Å². The van der Waals surface area contributed by atoms with Gasteiger partial charge in [0.15, 0.2) is 0 Å². The van der Waals surface area contributed by atoms with Crippen LogP contribution in [-0.4, -0.2) is 18.7 Å². The molecule has 1 aliphatic heterocycles. The van der Waals surface area contributed by atoms with E-state index in [1.165, 1.54) is 7.11 Å². The van der Waals surface area contributed by atoms with Crippen molar-refractivity contribution in [2.24, 2.45) is 0 Å². The van der Waals surface area contributed by atoms with E-state index in [-0.39, 0.29) is 5.97 Å². The molecule has 0 aliphatic carbocycles. The second-order valence-electron chi connectivity index (χ2n) is 6.44. The molecular formula is C19H19ClO3. The zero-order chi connectivity index (χ0) is 16.7. The summed E-state index contributed by atoms with van der Waals surface area (Å²) in [5.74, 6) is 0.364. The second kappa shape index (κ2) is 5.57. The first-order valence-electron chi connectivity index (χ1n) is 7.52. The number of carbonyl (C=O) groups is 1. The highest BCUT2D eigenvalue weighted by Crippen LogP contribution is 2.50. The monoisotopic (exact) mass is 330 g/mol. The molecule has 1 atom stereocenters. The van der Waals surface area contributed by atoms with Gasteiger partial charge in [0.2, 0.25) is 0 Å². The molecule has 1 unspecified atom stereocenters. The molecule has 0 N–H and O–H groups in total. The lowest BCUT2D eigenvalue weighted by Crippen LogP contribution is -2.50. The third kappa shape index (κ3) is 2.59. The van der Waals surface area contributed by atoms with E-state index in [4.69, 9.17) is 21.1 Å². The summed E-state index contributed by atoms with van der Waals surface area (Å²) in [6, 6.07) is 15.1. The predicted molar refractivity (Wildman–Crippen MR) is 90.0 cm³/mol. The van der Waals surface area contributed by atoms with Crippen molar-refractivity contribution in [2.45, 2.75) is 31.3 Å². The normalized spacial score (nSPS) is 21.9. The molecular weight excluding hydrogens is 312 g/mol. The summed E-state index contributed by atoms with van der Waals surface area (Å²) < 4.78 is 11.3. The lowest BCUT2D eigenvalue weighted by molar-refractivity contribution is -0.148. The minimum Gasteiger partial charge on any atom is -0.487 e. The van der Waals surface area contributed by atoms with Crippen molar-refractivity contribution in [1.82, 2.24) is 0 Å². The molecule has 2 aromatic carbocycles. The number of esters is 1. The fourth-order valence-corrected chi connectivity index (χ4v) is 3.62. The topological polar surface area (TPSA) is 35.5 Å². The summed E-state index contributed by atoms with van der Waals surface area (Å²) >= 11 is 6.20. The van der Waals surface area contributed by atoms with Crippen molar-refractivity contribution in [2.75, 3.05) is 7.11 Å². The predicted octanol–water partition coefficient (Wildman–Crippen LogP) is 4.36. The third-order valence-corrected chi connectivity index (χ3v) is 4.51. The van der Waals surface area contributed by atoms with Gasteiger partial charge in [-0.2, -0.15) is 0 Å². The van der Waals surface area contributed by atoms with Crippen molar-refractivity contribution in [1.29, 1.82) is 0 Å². The molecule has 4 heteroatoms. The maximum absolute atomic E-state index is 12.9. The highest BCUT2D eigenvalue weighted by atomic mass is 35.5. The summed E-state index contributed by atoms with van der Waals surface area (Å²) in [6.45, 7) is 3.95. The van der Waals surface area contributed by atoms with Crippen LogP contribution in [0.15, 0.2) is 48.5 Å². The van der Waals surface area contributed by atoms with Crippen molar-refractivity contribution in [3.63, 3.8) is 0 Å². The second-order valence-corrected chi connectivity index (χ2v) is 6.88. The minimum atomic E-state index is -0.933. The Kier molecular flexibility index (Phi) is 3.85. The van der Waals surface area contributed by atoms with Gasteiger partial charge in [-0.15, -0.1) is 0 Å². The number of rotatable bonds is 2. The molecule has 23 heavy (non-hydrogen) atoms. The number of benzene rings is 2. The van der Waals surface area contributed by atoms with E-state index in [1.54, 1.807) is 12.1 Å². The van der Waals surface area contributed by atoms with Crippen LogP contribution >= 0.6 is 11.6 Å². The van der Waals surface area contributed by atoms with Gasteiger partial charge >= 0.3 is 5.97 Å². The van der Waals surface area contributed by atoms with Gasteiger partial charge in [-0.05, 0) is 37.6 Å². The van der Waals surface area contributed by atoms with Crippen molar-refractivity contribution in [3.8, 4) is 5.75 Å². The average Bonchev–Trinajstić information content (AvgIpc) is 2.54. The smallest absolute Gasteiger partial charge is 0.321 e. The van der Waals surface area contributed by atoms with Gasteiger partial charge in [0.25, 0.3) is 0 Å². The van der Waals surface area contributed by atoms with Crippen LogP contribution in [0.3, 0.4) is 0 Å². The lowest BCUT2D eigenvalue weighted by Gasteiger charge is -2.44. The van der Waals surface area contributed by atoms with Gasteiger partial charge in [-0.1, -0.05) is 41.9 Å². The molecule has 0 saturated heterocycles. The zero-order valence-corrected chi connectivity index (χ0v) is 14.2. The molecule has 1 aliphatic rings. The first-order valence-corrected chi connectivity index (χ1v) is 7.90. The number of fused-ring (bicyclic) bond motifs is 1. The van der Waals surface area contributed by atoms with Crippen LogP contribution in [0.25, 0.3) is 0 Å². The summed E-state index contributed by atoms with van der Waals surface area (Å²) in [7, 11) is 1.42. The van der Waals surface area contributed by atoms with E-state index in [2.05, 4.69) is 0 Å². The molecule has 3 rings (SSSR count). The van der Waals surface area contributed by atoms with Crippen LogP contribution in [0.1, 0.15) is 31.4 Å². The summed E-state index contributed by atoms with van der Waals surface area (Å²) in [5.41, 5.74) is 0.192. The van der Waals surface area contributed by atoms with Gasteiger partial charge in [-0.3, -0.25) is 4.79 Å². The Morgan fingerprint density at radius 2 is 1.87 bits per heavy atom. The van der Waals surface area contributed by atoms with Gasteiger partial charge in [0.05, 0.1) is 7.11 Å². The molecule has 0 spiro atoms. The lowest BCUT2D eigenvalue weighted by atomic mass is 9.66. The summed E-state index contributed by atoms with van der Waals surface area (Å²) in [6.07, 6.45) is 0.476. The van der Waals surface area contributed by atoms with Gasteiger partial charge in [0.1, 0.15) is 16.8 Å².